The van der Waals surface area contributed by atoms with E-state index >= 15 is 0 Å². The van der Waals surface area contributed by atoms with E-state index in [2.05, 4.69) is 23.1 Å². The molecule has 0 aromatic heterocycles. The lowest BCUT2D eigenvalue weighted by atomic mass is 10.2. The normalized spacial score (nSPS) is 10.1. The molecule has 0 aliphatic carbocycles. The maximum Gasteiger partial charge on any atom is 0.119 e. The van der Waals surface area contributed by atoms with Crippen LogP contribution in [0.1, 0.15) is 16.7 Å². The lowest BCUT2D eigenvalue weighted by molar-refractivity contribution is 0.153. The maximum atomic E-state index is 8.91. The van der Waals surface area contributed by atoms with Crippen LogP contribution in [0.25, 0.3) is 0 Å². The zero-order valence-corrected chi connectivity index (χ0v) is 18.7. The maximum absolute atomic E-state index is 8.91. The van der Waals surface area contributed by atoms with Crippen molar-refractivity contribution in [2.75, 3.05) is 39.5 Å². The molecule has 7 nitrogen and oxygen atoms in total. The Hall–Kier alpha value is -4.51. The number of ether oxygens (including phenoxy) is 3. The van der Waals surface area contributed by atoms with Crippen LogP contribution in [0.15, 0.2) is 72.8 Å². The van der Waals surface area contributed by atoms with Gasteiger partial charge in [0.15, 0.2) is 0 Å². The Bertz CT molecular complexity index is 1000. The first-order chi connectivity index (χ1) is 16.7. The summed E-state index contributed by atoms with van der Waals surface area (Å²) < 4.78 is 17.5. The summed E-state index contributed by atoms with van der Waals surface area (Å²) in [7, 11) is 0. The van der Waals surface area contributed by atoms with Gasteiger partial charge in [-0.15, -0.1) is 0 Å². The van der Waals surface area contributed by atoms with Gasteiger partial charge in [-0.1, -0.05) is 0 Å². The first kappa shape index (κ1) is 24.1. The van der Waals surface area contributed by atoms with Gasteiger partial charge in [-0.05, 0) is 72.8 Å². The summed E-state index contributed by atoms with van der Waals surface area (Å²) >= 11 is 0. The molecule has 0 fully saturated rings. The molecule has 170 valence electrons. The molecular weight excluding hydrogens is 428 g/mol. The van der Waals surface area contributed by atoms with Gasteiger partial charge >= 0.3 is 0 Å². The molecule has 0 amide bonds. The first-order valence-corrected chi connectivity index (χ1v) is 10.8. The summed E-state index contributed by atoms with van der Waals surface area (Å²) in [4.78, 5) is 2.18. The molecule has 0 spiro atoms. The summed E-state index contributed by atoms with van der Waals surface area (Å²) in [5.41, 5.74) is 1.77. The highest BCUT2D eigenvalue weighted by molar-refractivity contribution is 5.36. The standard InChI is InChI=1S/C27H24N4O3/c28-19-22-1-7-25(8-2-22)32-16-13-31(14-17-33-26-9-3-23(20-29)4-10-26)15-18-34-27-11-5-24(21-30)6-12-27/h1-12H,13-18H2. The molecule has 3 rings (SSSR count). The van der Waals surface area contributed by atoms with Gasteiger partial charge in [0, 0.05) is 19.6 Å². The number of nitrogens with zero attached hydrogens (tertiary/aromatic N) is 4. The highest BCUT2D eigenvalue weighted by Gasteiger charge is 2.08. The smallest absolute Gasteiger partial charge is 0.119 e. The largest absolute Gasteiger partial charge is 0.492 e. The van der Waals surface area contributed by atoms with Crippen molar-refractivity contribution in [3.05, 3.63) is 89.5 Å². The van der Waals surface area contributed by atoms with Crippen LogP contribution in [0.4, 0.5) is 0 Å². The first-order valence-electron chi connectivity index (χ1n) is 10.8. The number of hydrogen-bond acceptors (Lipinski definition) is 7. The van der Waals surface area contributed by atoms with Crippen molar-refractivity contribution in [2.24, 2.45) is 0 Å². The molecule has 0 aliphatic rings. The van der Waals surface area contributed by atoms with Gasteiger partial charge in [0.05, 0.1) is 34.9 Å². The van der Waals surface area contributed by atoms with Crippen molar-refractivity contribution in [1.29, 1.82) is 15.8 Å². The Balaban J connectivity index is 1.49. The number of benzene rings is 3. The molecule has 3 aromatic carbocycles. The summed E-state index contributed by atoms with van der Waals surface area (Å²) in [6.45, 7) is 3.40. The van der Waals surface area contributed by atoms with Crippen molar-refractivity contribution >= 4 is 0 Å². The molecule has 0 unspecified atom stereocenters. The second-order valence-electron chi connectivity index (χ2n) is 7.30. The Labute approximate surface area is 199 Å². The Morgan fingerprint density at radius 2 is 0.735 bits per heavy atom. The number of nitriles is 3. The van der Waals surface area contributed by atoms with E-state index in [0.29, 0.717) is 73.4 Å². The second kappa shape index (κ2) is 13.1. The Morgan fingerprint density at radius 1 is 0.471 bits per heavy atom. The van der Waals surface area contributed by atoms with Gasteiger partial charge in [-0.3, -0.25) is 4.90 Å². The minimum atomic E-state index is 0.472. The van der Waals surface area contributed by atoms with E-state index in [0.717, 1.165) is 0 Å². The molecule has 0 bridgehead atoms. The lowest BCUT2D eigenvalue weighted by Gasteiger charge is -2.22. The van der Waals surface area contributed by atoms with Crippen molar-refractivity contribution in [3.8, 4) is 35.5 Å². The van der Waals surface area contributed by atoms with Gasteiger partial charge in [0.25, 0.3) is 0 Å². The van der Waals surface area contributed by atoms with E-state index in [1.807, 2.05) is 0 Å². The van der Waals surface area contributed by atoms with E-state index in [-0.39, 0.29) is 0 Å². The molecule has 0 atom stereocenters. The molecule has 0 aliphatic heterocycles. The molecule has 0 saturated heterocycles. The zero-order valence-electron chi connectivity index (χ0n) is 18.7. The Morgan fingerprint density at radius 3 is 0.971 bits per heavy atom. The van der Waals surface area contributed by atoms with Gasteiger partial charge in [0.2, 0.25) is 0 Å². The van der Waals surface area contributed by atoms with E-state index in [4.69, 9.17) is 30.0 Å². The van der Waals surface area contributed by atoms with Gasteiger partial charge in [0.1, 0.15) is 37.1 Å². The van der Waals surface area contributed by atoms with Gasteiger partial charge in [-0.25, -0.2) is 0 Å². The quantitative estimate of drug-likeness (QED) is 0.407. The summed E-state index contributed by atoms with van der Waals surface area (Å²) in [5.74, 6) is 2.13. The molecule has 0 N–H and O–H groups in total. The van der Waals surface area contributed by atoms with Gasteiger partial charge in [-0.2, -0.15) is 15.8 Å². The third-order valence-corrected chi connectivity index (χ3v) is 4.98. The van der Waals surface area contributed by atoms with Crippen LogP contribution in [0.3, 0.4) is 0 Å². The minimum Gasteiger partial charge on any atom is -0.492 e. The van der Waals surface area contributed by atoms with E-state index < -0.39 is 0 Å². The number of hydrogen-bond donors (Lipinski definition) is 0. The topological polar surface area (TPSA) is 102 Å². The highest BCUT2D eigenvalue weighted by Crippen LogP contribution is 2.14. The van der Waals surface area contributed by atoms with Crippen LogP contribution >= 0.6 is 0 Å². The van der Waals surface area contributed by atoms with E-state index in [1.165, 1.54) is 0 Å². The number of rotatable bonds is 12. The molecular formula is C27H24N4O3. The zero-order chi connectivity index (χ0) is 24.0. The van der Waals surface area contributed by atoms with Crippen molar-refractivity contribution < 1.29 is 14.2 Å². The predicted molar refractivity (Wildman–Crippen MR) is 126 cm³/mol. The summed E-state index contributed by atoms with van der Waals surface area (Å²) in [5, 5.41) is 26.7. The fourth-order valence-corrected chi connectivity index (χ4v) is 3.09. The average Bonchev–Trinajstić information content (AvgIpc) is 2.89. The minimum absolute atomic E-state index is 0.472. The lowest BCUT2D eigenvalue weighted by Crippen LogP contribution is -2.35. The van der Waals surface area contributed by atoms with Gasteiger partial charge < -0.3 is 14.2 Å². The predicted octanol–water partition coefficient (Wildman–Crippen LogP) is 4.14. The fourth-order valence-electron chi connectivity index (χ4n) is 3.09. The third-order valence-electron chi connectivity index (χ3n) is 4.98. The van der Waals surface area contributed by atoms with Crippen LogP contribution in [0, 0.1) is 34.0 Å². The van der Waals surface area contributed by atoms with E-state index in [9.17, 15) is 0 Å². The molecule has 0 heterocycles. The van der Waals surface area contributed by atoms with E-state index in [1.54, 1.807) is 72.8 Å². The highest BCUT2D eigenvalue weighted by atomic mass is 16.5. The third kappa shape index (κ3) is 7.88. The SMILES string of the molecule is N#Cc1ccc(OCCN(CCOc2ccc(C#N)cc2)CCOc2ccc(C#N)cc2)cc1. The van der Waals surface area contributed by atoms with Crippen molar-refractivity contribution in [3.63, 3.8) is 0 Å². The fraction of sp³-hybridized carbons (Fsp3) is 0.222. The molecule has 0 saturated carbocycles. The molecule has 34 heavy (non-hydrogen) atoms. The van der Waals surface area contributed by atoms with Crippen LogP contribution in [-0.4, -0.2) is 44.4 Å². The molecule has 3 aromatic rings. The van der Waals surface area contributed by atoms with Crippen molar-refractivity contribution in [2.45, 2.75) is 0 Å². The molecule has 7 heteroatoms. The monoisotopic (exact) mass is 452 g/mol. The van der Waals surface area contributed by atoms with Crippen LogP contribution < -0.4 is 14.2 Å². The van der Waals surface area contributed by atoms with Crippen molar-refractivity contribution in [1.82, 2.24) is 4.90 Å². The van der Waals surface area contributed by atoms with Crippen LogP contribution in [-0.2, 0) is 0 Å². The average molecular weight is 453 g/mol. The van der Waals surface area contributed by atoms with Crippen LogP contribution in [0.5, 0.6) is 17.2 Å². The Kier molecular flexibility index (Phi) is 9.32. The summed E-state index contributed by atoms with van der Waals surface area (Å²) in [6, 6.07) is 27.3. The molecule has 0 radical (unpaired) electrons. The summed E-state index contributed by atoms with van der Waals surface area (Å²) in [6.07, 6.45) is 0. The second-order valence-corrected chi connectivity index (χ2v) is 7.30. The van der Waals surface area contributed by atoms with Crippen LogP contribution in [0.2, 0.25) is 0 Å².